The molecule has 1 radical (unpaired) electrons. The lowest BCUT2D eigenvalue weighted by Gasteiger charge is -2.30. The van der Waals surface area contributed by atoms with Crippen molar-refractivity contribution in [3.63, 3.8) is 0 Å². The van der Waals surface area contributed by atoms with E-state index in [1.807, 2.05) is 30.3 Å². The van der Waals surface area contributed by atoms with Gasteiger partial charge in [0.05, 0.1) is 0 Å². The summed E-state index contributed by atoms with van der Waals surface area (Å²) in [7, 11) is 0. The highest BCUT2D eigenvalue weighted by molar-refractivity contribution is 5.50. The molecule has 0 atom stereocenters. The second-order valence-electron chi connectivity index (χ2n) is 7.69. The van der Waals surface area contributed by atoms with Crippen molar-refractivity contribution in [1.29, 1.82) is 0 Å². The fraction of sp³-hybridized carbons (Fsp3) is 0.250. The van der Waals surface area contributed by atoms with Crippen LogP contribution in [0.5, 0.6) is 5.75 Å². The molecule has 0 fully saturated rings. The third-order valence-electron chi connectivity index (χ3n) is 5.37. The van der Waals surface area contributed by atoms with Gasteiger partial charge in [-0.2, -0.15) is 0 Å². The molecule has 1 nitrogen and oxygen atoms in total. The van der Waals surface area contributed by atoms with Crippen LogP contribution in [0.25, 0.3) is 0 Å². The maximum atomic E-state index is 12.7. The lowest BCUT2D eigenvalue weighted by molar-refractivity contribution is 0.342. The molecule has 0 saturated carbocycles. The van der Waals surface area contributed by atoms with Crippen LogP contribution in [-0.2, 0) is 15.9 Å². The maximum Gasteiger partial charge on any atom is 0.182 e. The van der Waals surface area contributed by atoms with Crippen LogP contribution in [0.1, 0.15) is 49.9 Å². The second-order valence-corrected chi connectivity index (χ2v) is 7.69. The average Bonchev–Trinajstić information content (AvgIpc) is 2.63. The summed E-state index contributed by atoms with van der Waals surface area (Å²) >= 11 is 0. The molecule has 0 aromatic heterocycles. The highest BCUT2D eigenvalue weighted by atomic mass is 16.3. The Balaban J connectivity index is 2.10. The van der Waals surface area contributed by atoms with E-state index < -0.39 is 0 Å². The average molecular weight is 329 g/mol. The van der Waals surface area contributed by atoms with Crippen molar-refractivity contribution < 1.29 is 5.11 Å². The van der Waals surface area contributed by atoms with Gasteiger partial charge in [0.15, 0.2) is 5.75 Å². The van der Waals surface area contributed by atoms with Gasteiger partial charge in [0.1, 0.15) is 0 Å². The Morgan fingerprint density at radius 3 is 1.56 bits per heavy atom. The number of hydrogen-bond donors (Lipinski definition) is 0. The van der Waals surface area contributed by atoms with Crippen LogP contribution in [0.4, 0.5) is 0 Å². The third-order valence-corrected chi connectivity index (χ3v) is 5.37. The van der Waals surface area contributed by atoms with E-state index in [1.54, 1.807) is 6.07 Å². The Morgan fingerprint density at radius 2 is 1.04 bits per heavy atom. The standard InChI is InChI=1S/C24H25O/c1-23(2,18-11-7-5-8-12-18)20-15-16-22(25)21(17-20)24(3,4)19-13-9-6-10-14-19/h5-17H,1-4H3. The van der Waals surface area contributed by atoms with Crippen molar-refractivity contribution in [2.75, 3.05) is 0 Å². The smallest absolute Gasteiger partial charge is 0.182 e. The van der Waals surface area contributed by atoms with Gasteiger partial charge < -0.3 is 0 Å². The number of benzene rings is 3. The van der Waals surface area contributed by atoms with E-state index >= 15 is 0 Å². The van der Waals surface area contributed by atoms with E-state index in [-0.39, 0.29) is 16.6 Å². The topological polar surface area (TPSA) is 19.9 Å². The van der Waals surface area contributed by atoms with Gasteiger partial charge in [-0.05, 0) is 22.8 Å². The molecule has 0 unspecified atom stereocenters. The van der Waals surface area contributed by atoms with Crippen molar-refractivity contribution in [2.24, 2.45) is 0 Å². The first-order chi connectivity index (χ1) is 11.8. The molecule has 0 bridgehead atoms. The maximum absolute atomic E-state index is 12.7. The van der Waals surface area contributed by atoms with Crippen LogP contribution in [0.2, 0.25) is 0 Å². The molecule has 0 amide bonds. The minimum atomic E-state index is -0.332. The molecule has 0 spiro atoms. The predicted octanol–water partition coefficient (Wildman–Crippen LogP) is 6.48. The number of rotatable bonds is 4. The Morgan fingerprint density at radius 1 is 0.560 bits per heavy atom. The van der Waals surface area contributed by atoms with Crippen molar-refractivity contribution in [2.45, 2.75) is 38.5 Å². The highest BCUT2D eigenvalue weighted by Gasteiger charge is 2.30. The fourth-order valence-electron chi connectivity index (χ4n) is 3.44. The first kappa shape index (κ1) is 17.3. The van der Waals surface area contributed by atoms with Crippen LogP contribution in [0, 0.1) is 0 Å². The van der Waals surface area contributed by atoms with Gasteiger partial charge in [-0.15, -0.1) is 0 Å². The summed E-state index contributed by atoms with van der Waals surface area (Å²) in [5.41, 5.74) is 3.92. The molecule has 3 rings (SSSR count). The molecule has 0 aliphatic heterocycles. The zero-order valence-corrected chi connectivity index (χ0v) is 15.4. The molecule has 0 heterocycles. The molecule has 3 aromatic rings. The molecule has 25 heavy (non-hydrogen) atoms. The third kappa shape index (κ3) is 3.19. The lowest BCUT2D eigenvalue weighted by atomic mass is 9.73. The summed E-state index contributed by atoms with van der Waals surface area (Å²) in [5, 5.41) is 12.7. The van der Waals surface area contributed by atoms with Gasteiger partial charge in [-0.3, -0.25) is 5.11 Å². The minimum absolute atomic E-state index is 0.0986. The molecular formula is C24H25O. The van der Waals surface area contributed by atoms with Crippen molar-refractivity contribution >= 4 is 0 Å². The van der Waals surface area contributed by atoms with Gasteiger partial charge in [0.25, 0.3) is 0 Å². The van der Waals surface area contributed by atoms with E-state index in [9.17, 15) is 5.11 Å². The lowest BCUT2D eigenvalue weighted by Crippen LogP contribution is -2.23. The monoisotopic (exact) mass is 329 g/mol. The Hall–Kier alpha value is -2.54. The largest absolute Gasteiger partial charge is 0.290 e. The first-order valence-electron chi connectivity index (χ1n) is 8.76. The SMILES string of the molecule is CC(C)(c1ccccc1)c1ccc([O])c(C(C)(C)c2ccccc2)c1. The fourth-order valence-corrected chi connectivity index (χ4v) is 3.44. The van der Waals surface area contributed by atoms with Crippen molar-refractivity contribution in [3.05, 3.63) is 101 Å². The van der Waals surface area contributed by atoms with E-state index in [0.717, 1.165) is 16.7 Å². The summed E-state index contributed by atoms with van der Waals surface area (Å²) in [4.78, 5) is 0. The summed E-state index contributed by atoms with van der Waals surface area (Å²) in [6.07, 6.45) is 0. The van der Waals surface area contributed by atoms with Gasteiger partial charge in [-0.25, -0.2) is 0 Å². The molecule has 0 aliphatic carbocycles. The zero-order valence-electron chi connectivity index (χ0n) is 15.4. The van der Waals surface area contributed by atoms with Crippen LogP contribution in [-0.4, -0.2) is 0 Å². The molecule has 0 N–H and O–H groups in total. The zero-order chi connectivity index (χ0) is 18.1. The Bertz CT molecular complexity index is 846. The van der Waals surface area contributed by atoms with Gasteiger partial charge in [0, 0.05) is 16.4 Å². The molecule has 1 heteroatoms. The normalized spacial score (nSPS) is 12.2. The van der Waals surface area contributed by atoms with Gasteiger partial charge in [0.2, 0.25) is 0 Å². The first-order valence-corrected chi connectivity index (χ1v) is 8.76. The van der Waals surface area contributed by atoms with E-state index in [4.69, 9.17) is 0 Å². The van der Waals surface area contributed by atoms with E-state index in [0.29, 0.717) is 0 Å². The predicted molar refractivity (Wildman–Crippen MR) is 104 cm³/mol. The van der Waals surface area contributed by atoms with Crippen molar-refractivity contribution in [1.82, 2.24) is 0 Å². The van der Waals surface area contributed by atoms with Gasteiger partial charge in [-0.1, -0.05) is 100 Å². The molecule has 0 aliphatic rings. The molecule has 127 valence electrons. The molecule has 3 aromatic carbocycles. The molecular weight excluding hydrogens is 304 g/mol. The summed E-state index contributed by atoms with van der Waals surface area (Å²) in [6, 6.07) is 26.5. The second kappa shape index (κ2) is 6.40. The Kier molecular flexibility index (Phi) is 4.43. The van der Waals surface area contributed by atoms with Crippen LogP contribution >= 0.6 is 0 Å². The Labute approximate surface area is 151 Å². The minimum Gasteiger partial charge on any atom is -0.290 e. The van der Waals surface area contributed by atoms with Crippen LogP contribution < -0.4 is 0 Å². The quantitative estimate of drug-likeness (QED) is 0.522. The van der Waals surface area contributed by atoms with Crippen molar-refractivity contribution in [3.8, 4) is 5.75 Å². The van der Waals surface area contributed by atoms with E-state index in [1.165, 1.54) is 5.56 Å². The number of hydrogen-bond acceptors (Lipinski definition) is 0. The van der Waals surface area contributed by atoms with Gasteiger partial charge >= 0.3 is 0 Å². The summed E-state index contributed by atoms with van der Waals surface area (Å²) in [6.45, 7) is 8.67. The summed E-state index contributed by atoms with van der Waals surface area (Å²) in [5.74, 6) is 0.0986. The highest BCUT2D eigenvalue weighted by Crippen LogP contribution is 2.40. The summed E-state index contributed by atoms with van der Waals surface area (Å²) < 4.78 is 0. The van der Waals surface area contributed by atoms with E-state index in [2.05, 4.69) is 70.2 Å². The molecule has 0 saturated heterocycles. The van der Waals surface area contributed by atoms with Crippen LogP contribution in [0.3, 0.4) is 0 Å². The van der Waals surface area contributed by atoms with Crippen LogP contribution in [0.15, 0.2) is 78.9 Å².